The van der Waals surface area contributed by atoms with E-state index in [0.717, 1.165) is 19.6 Å². The molecule has 1 atom stereocenters. The maximum atomic E-state index is 12.8. The fourth-order valence-corrected chi connectivity index (χ4v) is 3.11. The SMILES string of the molecule is CC(C)c1ccc(CN(C(=O)C(C)C2CNC2)C2CC2)cc1.Cl. The first-order chi connectivity index (χ1) is 10.6. The van der Waals surface area contributed by atoms with Crippen molar-refractivity contribution in [3.63, 3.8) is 0 Å². The molecule has 1 aliphatic carbocycles. The summed E-state index contributed by atoms with van der Waals surface area (Å²) in [5, 5.41) is 3.28. The van der Waals surface area contributed by atoms with Crippen LogP contribution in [0.4, 0.5) is 0 Å². The van der Waals surface area contributed by atoms with E-state index in [4.69, 9.17) is 0 Å². The van der Waals surface area contributed by atoms with Gasteiger partial charge in [-0.2, -0.15) is 0 Å². The summed E-state index contributed by atoms with van der Waals surface area (Å²) < 4.78 is 0. The molecular formula is C19H29ClN2O. The van der Waals surface area contributed by atoms with Crippen LogP contribution in [0.2, 0.25) is 0 Å². The summed E-state index contributed by atoms with van der Waals surface area (Å²) in [5.41, 5.74) is 2.62. The lowest BCUT2D eigenvalue weighted by molar-refractivity contribution is -0.138. The summed E-state index contributed by atoms with van der Waals surface area (Å²) in [4.78, 5) is 15.0. The lowest BCUT2D eigenvalue weighted by Crippen LogP contribution is -2.50. The highest BCUT2D eigenvalue weighted by atomic mass is 35.5. The van der Waals surface area contributed by atoms with Crippen LogP contribution < -0.4 is 5.32 Å². The highest BCUT2D eigenvalue weighted by Crippen LogP contribution is 2.31. The molecule has 0 aromatic heterocycles. The van der Waals surface area contributed by atoms with Crippen LogP contribution in [-0.2, 0) is 11.3 Å². The molecule has 0 bridgehead atoms. The van der Waals surface area contributed by atoms with Gasteiger partial charge < -0.3 is 10.2 Å². The molecule has 2 aliphatic rings. The number of nitrogens with zero attached hydrogens (tertiary/aromatic N) is 1. The molecule has 1 N–H and O–H groups in total. The molecular weight excluding hydrogens is 308 g/mol. The van der Waals surface area contributed by atoms with Gasteiger partial charge >= 0.3 is 0 Å². The van der Waals surface area contributed by atoms with Crippen molar-refractivity contribution in [1.82, 2.24) is 10.2 Å². The number of hydrogen-bond acceptors (Lipinski definition) is 2. The predicted molar refractivity (Wildman–Crippen MR) is 96.9 cm³/mol. The van der Waals surface area contributed by atoms with Crippen molar-refractivity contribution in [3.05, 3.63) is 35.4 Å². The first-order valence-corrected chi connectivity index (χ1v) is 8.66. The van der Waals surface area contributed by atoms with Gasteiger partial charge in [0.25, 0.3) is 0 Å². The van der Waals surface area contributed by atoms with E-state index >= 15 is 0 Å². The van der Waals surface area contributed by atoms with Crippen LogP contribution in [0.3, 0.4) is 0 Å². The second kappa shape index (κ2) is 7.67. The first-order valence-electron chi connectivity index (χ1n) is 8.66. The number of nitrogens with one attached hydrogen (secondary N) is 1. The molecule has 128 valence electrons. The Balaban J connectivity index is 0.00000192. The van der Waals surface area contributed by atoms with E-state index in [1.165, 1.54) is 24.0 Å². The number of amides is 1. The molecule has 1 unspecified atom stereocenters. The quantitative estimate of drug-likeness (QED) is 0.861. The molecule has 4 heteroatoms. The summed E-state index contributed by atoms with van der Waals surface area (Å²) in [6.07, 6.45) is 2.34. The number of carbonyl (C=O) groups excluding carboxylic acids is 1. The second-order valence-electron chi connectivity index (χ2n) is 7.30. The van der Waals surface area contributed by atoms with Gasteiger partial charge in [0.05, 0.1) is 0 Å². The van der Waals surface area contributed by atoms with E-state index in [9.17, 15) is 4.79 Å². The standard InChI is InChI=1S/C19H28N2O.ClH/c1-13(2)16-6-4-15(5-7-16)12-21(18-8-9-18)19(22)14(3)17-10-20-11-17;/h4-7,13-14,17-18,20H,8-12H2,1-3H3;1H. The van der Waals surface area contributed by atoms with Crippen LogP contribution >= 0.6 is 12.4 Å². The van der Waals surface area contributed by atoms with Crippen molar-refractivity contribution in [3.8, 4) is 0 Å². The number of rotatable bonds is 6. The highest BCUT2D eigenvalue weighted by Gasteiger charge is 2.38. The van der Waals surface area contributed by atoms with Gasteiger partial charge in [-0.3, -0.25) is 4.79 Å². The molecule has 1 heterocycles. The maximum absolute atomic E-state index is 12.8. The zero-order valence-corrected chi connectivity index (χ0v) is 15.2. The minimum Gasteiger partial charge on any atom is -0.335 e. The van der Waals surface area contributed by atoms with E-state index in [1.54, 1.807) is 0 Å². The van der Waals surface area contributed by atoms with Gasteiger partial charge in [-0.15, -0.1) is 12.4 Å². The molecule has 1 aliphatic heterocycles. The third-order valence-corrected chi connectivity index (χ3v) is 5.18. The molecule has 1 saturated carbocycles. The van der Waals surface area contributed by atoms with E-state index in [1.807, 2.05) is 0 Å². The molecule has 1 aromatic rings. The van der Waals surface area contributed by atoms with Gasteiger partial charge in [-0.25, -0.2) is 0 Å². The molecule has 0 radical (unpaired) electrons. The van der Waals surface area contributed by atoms with Crippen LogP contribution in [-0.4, -0.2) is 29.9 Å². The maximum Gasteiger partial charge on any atom is 0.226 e. The summed E-state index contributed by atoms with van der Waals surface area (Å²) in [5.74, 6) is 1.58. The fraction of sp³-hybridized carbons (Fsp3) is 0.632. The highest BCUT2D eigenvalue weighted by molar-refractivity contribution is 5.85. The summed E-state index contributed by atoms with van der Waals surface area (Å²) >= 11 is 0. The Morgan fingerprint density at radius 1 is 1.17 bits per heavy atom. The van der Waals surface area contributed by atoms with Gasteiger partial charge in [-0.1, -0.05) is 45.0 Å². The van der Waals surface area contributed by atoms with Crippen molar-refractivity contribution in [2.45, 2.75) is 52.1 Å². The zero-order valence-electron chi connectivity index (χ0n) is 14.4. The number of carbonyl (C=O) groups is 1. The van der Waals surface area contributed by atoms with E-state index in [0.29, 0.717) is 23.8 Å². The Morgan fingerprint density at radius 2 is 1.78 bits per heavy atom. The normalized spacial score (nSPS) is 19.0. The van der Waals surface area contributed by atoms with Gasteiger partial charge in [0.15, 0.2) is 0 Å². The smallest absolute Gasteiger partial charge is 0.226 e. The lowest BCUT2D eigenvalue weighted by atomic mass is 9.87. The van der Waals surface area contributed by atoms with Crippen LogP contribution in [0.25, 0.3) is 0 Å². The minimum absolute atomic E-state index is 0. The van der Waals surface area contributed by atoms with Crippen LogP contribution in [0.5, 0.6) is 0 Å². The van der Waals surface area contributed by atoms with Gasteiger partial charge in [0, 0.05) is 18.5 Å². The number of benzene rings is 1. The monoisotopic (exact) mass is 336 g/mol. The van der Waals surface area contributed by atoms with Gasteiger partial charge in [-0.05, 0) is 48.9 Å². The van der Waals surface area contributed by atoms with E-state index < -0.39 is 0 Å². The Labute approximate surface area is 146 Å². The van der Waals surface area contributed by atoms with Crippen molar-refractivity contribution in [2.75, 3.05) is 13.1 Å². The van der Waals surface area contributed by atoms with E-state index in [2.05, 4.69) is 55.3 Å². The largest absolute Gasteiger partial charge is 0.335 e. The molecule has 23 heavy (non-hydrogen) atoms. The van der Waals surface area contributed by atoms with Crippen LogP contribution in [0.15, 0.2) is 24.3 Å². The third kappa shape index (κ3) is 4.27. The average molecular weight is 337 g/mol. The minimum atomic E-state index is 0. The van der Waals surface area contributed by atoms with Crippen LogP contribution in [0, 0.1) is 11.8 Å². The number of halogens is 1. The summed E-state index contributed by atoms with van der Waals surface area (Å²) in [6, 6.07) is 9.26. The van der Waals surface area contributed by atoms with Gasteiger partial charge in [0.1, 0.15) is 0 Å². The third-order valence-electron chi connectivity index (χ3n) is 5.18. The van der Waals surface area contributed by atoms with Crippen molar-refractivity contribution in [1.29, 1.82) is 0 Å². The topological polar surface area (TPSA) is 32.3 Å². The van der Waals surface area contributed by atoms with Crippen molar-refractivity contribution < 1.29 is 4.79 Å². The zero-order chi connectivity index (χ0) is 15.7. The summed E-state index contributed by atoms with van der Waals surface area (Å²) in [7, 11) is 0. The fourth-order valence-electron chi connectivity index (χ4n) is 3.11. The Morgan fingerprint density at radius 3 is 2.22 bits per heavy atom. The molecule has 0 spiro atoms. The van der Waals surface area contributed by atoms with Crippen molar-refractivity contribution in [2.24, 2.45) is 11.8 Å². The Hall–Kier alpha value is -1.06. The summed E-state index contributed by atoms with van der Waals surface area (Å²) in [6.45, 7) is 9.28. The second-order valence-corrected chi connectivity index (χ2v) is 7.30. The van der Waals surface area contributed by atoms with Crippen LogP contribution in [0.1, 0.15) is 50.7 Å². The lowest BCUT2D eigenvalue weighted by Gasteiger charge is -2.35. The molecule has 1 saturated heterocycles. The van der Waals surface area contributed by atoms with E-state index in [-0.39, 0.29) is 18.3 Å². The Bertz CT molecular complexity index is 521. The molecule has 3 nitrogen and oxygen atoms in total. The molecule has 1 aromatic carbocycles. The van der Waals surface area contributed by atoms with Gasteiger partial charge in [0.2, 0.25) is 5.91 Å². The Kier molecular flexibility index (Phi) is 6.10. The van der Waals surface area contributed by atoms with Crippen molar-refractivity contribution >= 4 is 18.3 Å². The molecule has 1 amide bonds. The first kappa shape index (κ1) is 18.3. The molecule has 2 fully saturated rings. The predicted octanol–water partition coefficient (Wildman–Crippen LogP) is 3.58. The number of hydrogen-bond donors (Lipinski definition) is 1. The average Bonchev–Trinajstić information content (AvgIpc) is 3.27. The molecule has 3 rings (SSSR count).